The lowest BCUT2D eigenvalue weighted by atomic mass is 9.87. The molecule has 1 amide bonds. The first-order valence-electron chi connectivity index (χ1n) is 15.0. The zero-order valence-electron chi connectivity index (χ0n) is 26.0. The van der Waals surface area contributed by atoms with E-state index < -0.39 is 71.7 Å². The van der Waals surface area contributed by atoms with Gasteiger partial charge in [-0.2, -0.15) is 31.1 Å². The van der Waals surface area contributed by atoms with Crippen molar-refractivity contribution in [3.05, 3.63) is 58.7 Å². The number of ether oxygens (including phenoxy) is 1. The summed E-state index contributed by atoms with van der Waals surface area (Å²) >= 11 is 0. The smallest absolute Gasteiger partial charge is 0.481 e. The highest BCUT2D eigenvalue weighted by Crippen LogP contribution is 2.46. The summed E-state index contributed by atoms with van der Waals surface area (Å²) in [7, 11) is 1.36. The number of carbonyl (C=O) groups is 2. The van der Waals surface area contributed by atoms with Crippen molar-refractivity contribution < 1.29 is 58.9 Å². The zero-order valence-corrected chi connectivity index (χ0v) is 26.0. The third-order valence-corrected chi connectivity index (χ3v) is 7.86. The molecular formula is C30H31F9N6O4. The van der Waals surface area contributed by atoms with Crippen LogP contribution in [-0.4, -0.2) is 49.6 Å². The highest BCUT2D eigenvalue weighted by molar-refractivity contribution is 5.95. The van der Waals surface area contributed by atoms with Crippen LogP contribution in [0.3, 0.4) is 0 Å². The number of amides is 1. The van der Waals surface area contributed by atoms with E-state index in [1.54, 1.807) is 6.92 Å². The van der Waals surface area contributed by atoms with Crippen molar-refractivity contribution in [3.63, 3.8) is 0 Å². The Kier molecular flexibility index (Phi) is 11.0. The van der Waals surface area contributed by atoms with Crippen LogP contribution in [0.5, 0.6) is 5.75 Å². The van der Waals surface area contributed by atoms with Crippen LogP contribution in [-0.2, 0) is 35.5 Å². The van der Waals surface area contributed by atoms with Crippen LogP contribution in [0.1, 0.15) is 80.2 Å². The van der Waals surface area contributed by atoms with Gasteiger partial charge in [-0.05, 0) is 72.9 Å². The number of anilines is 2. The lowest BCUT2D eigenvalue weighted by Crippen LogP contribution is -2.47. The fourth-order valence-electron chi connectivity index (χ4n) is 5.75. The van der Waals surface area contributed by atoms with E-state index >= 15 is 0 Å². The second-order valence-electron chi connectivity index (χ2n) is 11.4. The average Bonchev–Trinajstić information content (AvgIpc) is 3.42. The van der Waals surface area contributed by atoms with Crippen molar-refractivity contribution in [3.8, 4) is 5.75 Å². The highest BCUT2D eigenvalue weighted by atomic mass is 19.4. The van der Waals surface area contributed by atoms with E-state index in [2.05, 4.69) is 20.1 Å². The maximum atomic E-state index is 13.7. The molecule has 1 N–H and O–H groups in total. The number of carboxylic acids is 1. The molecule has 3 aromatic rings. The summed E-state index contributed by atoms with van der Waals surface area (Å²) in [6.07, 6.45) is -14.2. The fraction of sp³-hybridized carbons (Fsp3) is 0.500. The molecule has 2 heterocycles. The van der Waals surface area contributed by atoms with Crippen LogP contribution in [0.2, 0.25) is 0 Å². The minimum atomic E-state index is -5.14. The summed E-state index contributed by atoms with van der Waals surface area (Å²) in [6.45, 7) is 1.06. The maximum absolute atomic E-state index is 13.7. The molecule has 2 unspecified atom stereocenters. The molecule has 49 heavy (non-hydrogen) atoms. The Morgan fingerprint density at radius 1 is 0.939 bits per heavy atom. The predicted molar refractivity (Wildman–Crippen MR) is 154 cm³/mol. The molecule has 0 bridgehead atoms. The van der Waals surface area contributed by atoms with Crippen molar-refractivity contribution in [1.29, 1.82) is 0 Å². The van der Waals surface area contributed by atoms with Gasteiger partial charge < -0.3 is 19.6 Å². The Labute approximate surface area is 273 Å². The number of unbranched alkanes of at least 4 members (excludes halogenated alkanes) is 2. The van der Waals surface area contributed by atoms with Gasteiger partial charge in [-0.25, -0.2) is 0 Å². The molecule has 0 radical (unpaired) electrons. The maximum Gasteiger partial charge on any atom is 0.573 e. The Morgan fingerprint density at radius 2 is 1.57 bits per heavy atom. The molecule has 1 aromatic heterocycles. The van der Waals surface area contributed by atoms with Gasteiger partial charge in [0, 0.05) is 36.7 Å². The number of carbonyl (C=O) groups excluding carboxylic acids is 1. The molecule has 1 aliphatic rings. The van der Waals surface area contributed by atoms with E-state index in [1.165, 1.54) is 22.9 Å². The number of hydrogen-bond donors (Lipinski definition) is 1. The molecule has 0 spiro atoms. The SMILES string of the molecule is CCC1CC(N(Cc2cc(C(F)(F)F)cc(C(F)(F)F)c2)c2nnn(C)n2)c2cc(OC(F)(F)F)ccc2N1C(=O)CCCCCC(=O)O. The number of benzene rings is 2. The molecule has 0 saturated carbocycles. The first-order valence-corrected chi connectivity index (χ1v) is 15.0. The van der Waals surface area contributed by atoms with Crippen molar-refractivity contribution in [2.45, 2.75) is 89.2 Å². The van der Waals surface area contributed by atoms with Crippen molar-refractivity contribution in [2.75, 3.05) is 9.80 Å². The van der Waals surface area contributed by atoms with E-state index in [9.17, 15) is 49.1 Å². The van der Waals surface area contributed by atoms with Crippen LogP contribution in [0, 0.1) is 0 Å². The normalized spacial score (nSPS) is 16.8. The van der Waals surface area contributed by atoms with Gasteiger partial charge in [0.15, 0.2) is 0 Å². The number of tetrazole rings is 1. The minimum Gasteiger partial charge on any atom is -0.481 e. The summed E-state index contributed by atoms with van der Waals surface area (Å²) in [4.78, 5) is 28.0. The average molecular weight is 711 g/mol. The molecule has 2 aromatic carbocycles. The second-order valence-corrected chi connectivity index (χ2v) is 11.4. The Balaban J connectivity index is 1.83. The van der Waals surface area contributed by atoms with Crippen molar-refractivity contribution in [2.24, 2.45) is 7.05 Å². The molecular weight excluding hydrogens is 679 g/mol. The number of rotatable bonds is 12. The number of fused-ring (bicyclic) bond motifs is 1. The second kappa shape index (κ2) is 14.5. The summed E-state index contributed by atoms with van der Waals surface area (Å²) in [6, 6.07) is 2.52. The number of aryl methyl sites for hydroxylation is 1. The number of hydrogen-bond acceptors (Lipinski definition) is 7. The van der Waals surface area contributed by atoms with Crippen LogP contribution in [0.15, 0.2) is 36.4 Å². The molecule has 1 aliphatic heterocycles. The van der Waals surface area contributed by atoms with Crippen LogP contribution < -0.4 is 14.5 Å². The third-order valence-electron chi connectivity index (χ3n) is 7.86. The molecule has 2 atom stereocenters. The number of aromatic nitrogens is 4. The number of nitrogens with zero attached hydrogens (tertiary/aromatic N) is 6. The van der Waals surface area contributed by atoms with Crippen LogP contribution in [0.4, 0.5) is 51.1 Å². The standard InChI is InChI=1S/C30H31F9N6O4/c1-3-20-14-24(22-15-21(49-30(37,38)39)9-10-23(22)45(20)25(46)7-5-4-6-8-26(47)48)44(27-40-42-43(2)41-27)16-17-11-18(28(31,32)33)13-19(12-17)29(34,35)36/h9-13,15,20,24H,3-8,14,16H2,1-2H3,(H,47,48). The Morgan fingerprint density at radius 3 is 2.10 bits per heavy atom. The summed E-state index contributed by atoms with van der Waals surface area (Å²) in [5.41, 5.74) is -3.41. The monoisotopic (exact) mass is 710 g/mol. The lowest BCUT2D eigenvalue weighted by molar-refractivity contribution is -0.274. The largest absolute Gasteiger partial charge is 0.573 e. The number of carboxylic acid groups (broad SMARTS) is 1. The van der Waals surface area contributed by atoms with Crippen LogP contribution in [0.25, 0.3) is 0 Å². The van der Waals surface area contributed by atoms with E-state index in [0.29, 0.717) is 37.8 Å². The van der Waals surface area contributed by atoms with Crippen molar-refractivity contribution >= 4 is 23.5 Å². The van der Waals surface area contributed by atoms with Gasteiger partial charge in [-0.1, -0.05) is 18.4 Å². The lowest BCUT2D eigenvalue weighted by Gasteiger charge is -2.44. The molecule has 0 saturated heterocycles. The topological polar surface area (TPSA) is 114 Å². The fourth-order valence-corrected chi connectivity index (χ4v) is 5.75. The molecule has 0 fully saturated rings. The Hall–Kier alpha value is -4.58. The number of halogens is 9. The van der Waals surface area contributed by atoms with Gasteiger partial charge in [0.25, 0.3) is 5.95 Å². The summed E-state index contributed by atoms with van der Waals surface area (Å²) in [5, 5.41) is 20.6. The first kappa shape index (κ1) is 37.2. The summed E-state index contributed by atoms with van der Waals surface area (Å²) < 4.78 is 126. The van der Waals surface area contributed by atoms with E-state index in [4.69, 9.17) is 5.11 Å². The van der Waals surface area contributed by atoms with Gasteiger partial charge in [0.05, 0.1) is 24.2 Å². The van der Waals surface area contributed by atoms with Crippen LogP contribution >= 0.6 is 0 Å². The molecule has 4 rings (SSSR count). The van der Waals surface area contributed by atoms with Crippen molar-refractivity contribution in [1.82, 2.24) is 20.2 Å². The van der Waals surface area contributed by atoms with Gasteiger partial charge in [-0.3, -0.25) is 9.59 Å². The van der Waals surface area contributed by atoms with Gasteiger partial charge in [0.2, 0.25) is 5.91 Å². The van der Waals surface area contributed by atoms with E-state index in [1.807, 2.05) is 0 Å². The zero-order chi connectivity index (χ0) is 36.3. The van der Waals surface area contributed by atoms with Gasteiger partial charge in [0.1, 0.15) is 5.75 Å². The molecule has 10 nitrogen and oxygen atoms in total. The number of aliphatic carboxylic acids is 1. The minimum absolute atomic E-state index is 0.0245. The van der Waals surface area contributed by atoms with Gasteiger partial charge >= 0.3 is 24.7 Å². The third kappa shape index (κ3) is 9.53. The molecule has 19 heteroatoms. The quantitative estimate of drug-likeness (QED) is 0.152. The predicted octanol–water partition coefficient (Wildman–Crippen LogP) is 7.44. The van der Waals surface area contributed by atoms with E-state index in [0.717, 1.165) is 16.9 Å². The first-order chi connectivity index (χ1) is 22.8. The van der Waals surface area contributed by atoms with Gasteiger partial charge in [-0.15, -0.1) is 18.3 Å². The van der Waals surface area contributed by atoms with E-state index in [-0.39, 0.29) is 42.5 Å². The molecule has 0 aliphatic carbocycles. The molecule has 268 valence electrons. The summed E-state index contributed by atoms with van der Waals surface area (Å²) in [5.74, 6) is -2.34. The Bertz CT molecular complexity index is 1610. The highest BCUT2D eigenvalue weighted by Gasteiger charge is 2.41. The number of alkyl halides is 9.